The summed E-state index contributed by atoms with van der Waals surface area (Å²) in [6.45, 7) is 10.0. The van der Waals surface area contributed by atoms with Crippen LogP contribution in [0.3, 0.4) is 0 Å². The van der Waals surface area contributed by atoms with Gasteiger partial charge in [0.1, 0.15) is 0 Å². The largest absolute Gasteiger partial charge is 0.324 e. The highest BCUT2D eigenvalue weighted by Gasteiger charge is 2.29. The predicted molar refractivity (Wildman–Crippen MR) is 63.4 cm³/mol. The topological polar surface area (TPSA) is 0 Å². The molecule has 2 fully saturated rings. The first-order chi connectivity index (χ1) is 6.91. The highest BCUT2D eigenvalue weighted by Crippen LogP contribution is 2.24. The van der Waals surface area contributed by atoms with Crippen LogP contribution in [0, 0.1) is 0 Å². The Labute approximate surface area is 90.1 Å². The number of hydrogen-bond acceptors (Lipinski definition) is 0. The summed E-state index contributed by atoms with van der Waals surface area (Å²) in [6.07, 6.45) is 10.5. The number of hydrogen-bond donors (Lipinski definition) is 0. The van der Waals surface area contributed by atoms with Crippen LogP contribution in [0.2, 0.25) is 0 Å². The van der Waals surface area contributed by atoms with Crippen LogP contribution in [0.4, 0.5) is 0 Å². The molecule has 0 aromatic rings. The number of nitrogens with zero attached hydrogens (tertiary/aromatic N) is 1. The Kier molecular flexibility index (Phi) is 5.54. The summed E-state index contributed by atoms with van der Waals surface area (Å²) in [7, 11) is 0. The molecule has 0 saturated carbocycles. The summed E-state index contributed by atoms with van der Waals surface area (Å²) in [5.74, 6) is 0. The van der Waals surface area contributed by atoms with Crippen molar-refractivity contribution >= 4 is 0 Å². The Balaban J connectivity index is 0.000000461. The molecule has 2 aliphatic heterocycles. The Bertz CT molecular complexity index is 126. The summed E-state index contributed by atoms with van der Waals surface area (Å²) in [6, 6.07) is 0. The molecule has 2 heterocycles. The molecule has 0 unspecified atom stereocenters. The third-order valence-electron chi connectivity index (χ3n) is 3.78. The zero-order valence-corrected chi connectivity index (χ0v) is 10.2. The molecule has 0 bridgehead atoms. The average molecular weight is 198 g/mol. The zero-order chi connectivity index (χ0) is 10.3. The van der Waals surface area contributed by atoms with Crippen LogP contribution in [0.15, 0.2) is 0 Å². The van der Waals surface area contributed by atoms with Gasteiger partial charge in [0, 0.05) is 0 Å². The highest BCUT2D eigenvalue weighted by atomic mass is 15.4. The molecule has 0 atom stereocenters. The first kappa shape index (κ1) is 12.0. The van der Waals surface area contributed by atoms with Gasteiger partial charge in [0.05, 0.1) is 26.2 Å². The molecule has 1 nitrogen and oxygen atoms in total. The molecule has 1 heteroatoms. The summed E-state index contributed by atoms with van der Waals surface area (Å²) in [5, 5.41) is 0. The molecule has 1 spiro atoms. The molecular weight excluding hydrogens is 170 g/mol. The molecule has 2 rings (SSSR count). The van der Waals surface area contributed by atoms with Crippen molar-refractivity contribution in [2.24, 2.45) is 0 Å². The number of rotatable bonds is 0. The monoisotopic (exact) mass is 198 g/mol. The molecule has 84 valence electrons. The van der Waals surface area contributed by atoms with Crippen molar-refractivity contribution in [1.82, 2.24) is 0 Å². The van der Waals surface area contributed by atoms with E-state index in [0.29, 0.717) is 0 Å². The van der Waals surface area contributed by atoms with Crippen LogP contribution in [-0.2, 0) is 0 Å². The van der Waals surface area contributed by atoms with E-state index in [4.69, 9.17) is 0 Å². The molecule has 0 N–H and O–H groups in total. The van der Waals surface area contributed by atoms with E-state index >= 15 is 0 Å². The summed E-state index contributed by atoms with van der Waals surface area (Å²) < 4.78 is 1.50. The lowest BCUT2D eigenvalue weighted by molar-refractivity contribution is -0.931. The lowest BCUT2D eigenvalue weighted by Gasteiger charge is -2.40. The molecule has 14 heavy (non-hydrogen) atoms. The lowest BCUT2D eigenvalue weighted by atomic mass is 10.1. The fraction of sp³-hybridized carbons (Fsp3) is 1.00. The van der Waals surface area contributed by atoms with Crippen molar-refractivity contribution in [2.75, 3.05) is 26.2 Å². The smallest absolute Gasteiger partial charge is 0.0786 e. The minimum Gasteiger partial charge on any atom is -0.324 e. The maximum absolute atomic E-state index is 2.00. The third kappa shape index (κ3) is 3.27. The maximum Gasteiger partial charge on any atom is 0.0786 e. The van der Waals surface area contributed by atoms with E-state index in [1.54, 1.807) is 0 Å². The van der Waals surface area contributed by atoms with E-state index in [-0.39, 0.29) is 0 Å². The lowest BCUT2D eigenvalue weighted by Crippen LogP contribution is -2.51. The molecule has 0 radical (unpaired) electrons. The average Bonchev–Trinajstić information content (AvgIpc) is 2.48. The van der Waals surface area contributed by atoms with Gasteiger partial charge in [-0.05, 0) is 44.9 Å². The normalized spacial score (nSPS) is 26.1. The van der Waals surface area contributed by atoms with Crippen molar-refractivity contribution in [1.29, 1.82) is 0 Å². The van der Waals surface area contributed by atoms with E-state index in [1.165, 1.54) is 75.6 Å². The van der Waals surface area contributed by atoms with Gasteiger partial charge in [0.2, 0.25) is 0 Å². The van der Waals surface area contributed by atoms with E-state index < -0.39 is 0 Å². The Hall–Kier alpha value is -0.0400. The fourth-order valence-electron chi connectivity index (χ4n) is 2.99. The number of quaternary nitrogens is 1. The van der Waals surface area contributed by atoms with E-state index in [2.05, 4.69) is 0 Å². The van der Waals surface area contributed by atoms with Gasteiger partial charge in [-0.3, -0.25) is 0 Å². The van der Waals surface area contributed by atoms with Crippen LogP contribution in [0.25, 0.3) is 0 Å². The van der Waals surface area contributed by atoms with Crippen molar-refractivity contribution in [2.45, 2.75) is 58.8 Å². The Morgan fingerprint density at radius 2 is 0.786 bits per heavy atom. The van der Waals surface area contributed by atoms with Gasteiger partial charge >= 0.3 is 0 Å². The van der Waals surface area contributed by atoms with Gasteiger partial charge in [0.15, 0.2) is 0 Å². The van der Waals surface area contributed by atoms with Gasteiger partial charge in [-0.25, -0.2) is 0 Å². The van der Waals surface area contributed by atoms with Crippen LogP contribution < -0.4 is 0 Å². The second kappa shape index (κ2) is 6.44. The van der Waals surface area contributed by atoms with Crippen LogP contribution >= 0.6 is 0 Å². The quantitative estimate of drug-likeness (QED) is 0.522. The van der Waals surface area contributed by atoms with Crippen LogP contribution in [0.1, 0.15) is 58.8 Å². The predicted octanol–water partition coefficient (Wildman–Crippen LogP) is 3.59. The highest BCUT2D eigenvalue weighted by molar-refractivity contribution is 4.58. The van der Waals surface area contributed by atoms with E-state index in [9.17, 15) is 0 Å². The van der Waals surface area contributed by atoms with Crippen molar-refractivity contribution < 1.29 is 4.48 Å². The van der Waals surface area contributed by atoms with Crippen molar-refractivity contribution in [3.05, 3.63) is 0 Å². The first-order valence-electron chi connectivity index (χ1n) is 6.76. The second-order valence-electron chi connectivity index (χ2n) is 4.71. The molecular formula is C13H28N+. The standard InChI is InChI=1S/C11H22N.C2H6/c1-2-5-9-12(8-4-1)10-6-3-7-11-12;1-2/h1-11H2;1-2H3/q+1;. The van der Waals surface area contributed by atoms with Gasteiger partial charge in [0.25, 0.3) is 0 Å². The third-order valence-corrected chi connectivity index (χ3v) is 3.78. The molecule has 0 amide bonds. The van der Waals surface area contributed by atoms with E-state index in [0.717, 1.165) is 0 Å². The number of piperidine rings is 1. The van der Waals surface area contributed by atoms with Crippen molar-refractivity contribution in [3.63, 3.8) is 0 Å². The Morgan fingerprint density at radius 3 is 1.14 bits per heavy atom. The maximum atomic E-state index is 2.00. The molecule has 2 aliphatic rings. The minimum absolute atomic E-state index is 1.50. The van der Waals surface area contributed by atoms with Gasteiger partial charge in [-0.1, -0.05) is 13.8 Å². The van der Waals surface area contributed by atoms with Crippen LogP contribution in [0.5, 0.6) is 0 Å². The van der Waals surface area contributed by atoms with Gasteiger partial charge in [-0.15, -0.1) is 0 Å². The first-order valence-corrected chi connectivity index (χ1v) is 6.76. The van der Waals surface area contributed by atoms with Gasteiger partial charge in [-0.2, -0.15) is 0 Å². The summed E-state index contributed by atoms with van der Waals surface area (Å²) in [5.41, 5.74) is 0. The van der Waals surface area contributed by atoms with Crippen molar-refractivity contribution in [3.8, 4) is 0 Å². The second-order valence-corrected chi connectivity index (χ2v) is 4.71. The Morgan fingerprint density at radius 1 is 0.500 bits per heavy atom. The fourth-order valence-corrected chi connectivity index (χ4v) is 2.99. The minimum atomic E-state index is 1.50. The molecule has 0 aromatic carbocycles. The molecule has 0 aromatic heterocycles. The molecule has 2 saturated heterocycles. The summed E-state index contributed by atoms with van der Waals surface area (Å²) in [4.78, 5) is 0. The van der Waals surface area contributed by atoms with E-state index in [1.807, 2.05) is 13.8 Å². The SMILES string of the molecule is C1CCC[N+]2(CC1)CCCCC2.CC. The van der Waals surface area contributed by atoms with Crippen LogP contribution in [-0.4, -0.2) is 30.7 Å². The van der Waals surface area contributed by atoms with Gasteiger partial charge < -0.3 is 4.48 Å². The summed E-state index contributed by atoms with van der Waals surface area (Å²) >= 11 is 0. The molecule has 0 aliphatic carbocycles. The zero-order valence-electron chi connectivity index (χ0n) is 10.2.